The predicted octanol–water partition coefficient (Wildman–Crippen LogP) is 1.30. The highest BCUT2D eigenvalue weighted by atomic mass is 16.5. The molecule has 0 aromatic heterocycles. The standard InChI is InChI=1S/C8H16N2O/c1-4-10-8(9)6-7(3)11-5-2/h4,7H,1,5-6H2,2-3H3,(H2,9,10). The highest BCUT2D eigenvalue weighted by molar-refractivity contribution is 5.81. The van der Waals surface area contributed by atoms with Crippen molar-refractivity contribution in [1.82, 2.24) is 0 Å². The lowest BCUT2D eigenvalue weighted by atomic mass is 10.3. The van der Waals surface area contributed by atoms with E-state index in [1.807, 2.05) is 13.8 Å². The summed E-state index contributed by atoms with van der Waals surface area (Å²) < 4.78 is 5.26. The maximum Gasteiger partial charge on any atom is 0.101 e. The van der Waals surface area contributed by atoms with Crippen LogP contribution in [0.15, 0.2) is 17.8 Å². The molecule has 0 aliphatic rings. The van der Waals surface area contributed by atoms with Gasteiger partial charge in [0.05, 0.1) is 6.10 Å². The molecule has 0 amide bonds. The van der Waals surface area contributed by atoms with Gasteiger partial charge in [0.1, 0.15) is 5.84 Å². The fourth-order valence-electron chi connectivity index (χ4n) is 0.808. The molecule has 11 heavy (non-hydrogen) atoms. The van der Waals surface area contributed by atoms with E-state index < -0.39 is 0 Å². The molecule has 0 saturated carbocycles. The van der Waals surface area contributed by atoms with Crippen molar-refractivity contribution >= 4 is 5.84 Å². The third-order valence-electron chi connectivity index (χ3n) is 1.20. The third kappa shape index (κ3) is 5.61. The van der Waals surface area contributed by atoms with E-state index in [-0.39, 0.29) is 6.10 Å². The number of aliphatic imine (C=N–C) groups is 1. The molecule has 0 heterocycles. The first kappa shape index (κ1) is 10.2. The van der Waals surface area contributed by atoms with Crippen molar-refractivity contribution in [2.24, 2.45) is 10.7 Å². The molecular weight excluding hydrogens is 140 g/mol. The number of nitrogens with two attached hydrogens (primary N) is 1. The van der Waals surface area contributed by atoms with Gasteiger partial charge in [-0.2, -0.15) is 0 Å². The van der Waals surface area contributed by atoms with E-state index in [0.29, 0.717) is 18.9 Å². The molecule has 1 atom stereocenters. The second-order valence-electron chi connectivity index (χ2n) is 2.27. The largest absolute Gasteiger partial charge is 0.387 e. The van der Waals surface area contributed by atoms with Gasteiger partial charge in [-0.3, -0.25) is 0 Å². The molecule has 0 rings (SSSR count). The van der Waals surface area contributed by atoms with Gasteiger partial charge in [0.15, 0.2) is 0 Å². The molecule has 0 aliphatic heterocycles. The monoisotopic (exact) mass is 156 g/mol. The summed E-state index contributed by atoms with van der Waals surface area (Å²) in [6, 6.07) is 0. The zero-order chi connectivity index (χ0) is 8.69. The Morgan fingerprint density at radius 3 is 2.91 bits per heavy atom. The van der Waals surface area contributed by atoms with Crippen LogP contribution in [0.4, 0.5) is 0 Å². The first-order chi connectivity index (χ1) is 5.20. The Morgan fingerprint density at radius 2 is 2.45 bits per heavy atom. The Balaban J connectivity index is 3.64. The maximum atomic E-state index is 5.51. The van der Waals surface area contributed by atoms with Gasteiger partial charge in [-0.25, -0.2) is 4.99 Å². The molecule has 0 fully saturated rings. The second-order valence-corrected chi connectivity index (χ2v) is 2.27. The third-order valence-corrected chi connectivity index (χ3v) is 1.20. The molecule has 0 aliphatic carbocycles. The lowest BCUT2D eigenvalue weighted by Crippen LogP contribution is -2.20. The molecule has 64 valence electrons. The molecule has 0 saturated heterocycles. The van der Waals surface area contributed by atoms with Gasteiger partial charge < -0.3 is 10.5 Å². The minimum atomic E-state index is 0.142. The molecule has 2 N–H and O–H groups in total. The molecule has 0 bridgehead atoms. The fourth-order valence-corrected chi connectivity index (χ4v) is 0.808. The summed E-state index contributed by atoms with van der Waals surface area (Å²) >= 11 is 0. The fraction of sp³-hybridized carbons (Fsp3) is 0.625. The Morgan fingerprint density at radius 1 is 1.82 bits per heavy atom. The van der Waals surface area contributed by atoms with Crippen molar-refractivity contribution < 1.29 is 4.74 Å². The Hall–Kier alpha value is -0.830. The van der Waals surface area contributed by atoms with Gasteiger partial charge in [-0.1, -0.05) is 6.58 Å². The topological polar surface area (TPSA) is 47.6 Å². The van der Waals surface area contributed by atoms with Gasteiger partial charge >= 0.3 is 0 Å². The van der Waals surface area contributed by atoms with Gasteiger partial charge in [-0.05, 0) is 13.8 Å². The highest BCUT2D eigenvalue weighted by Crippen LogP contribution is 1.96. The summed E-state index contributed by atoms with van der Waals surface area (Å²) in [5.41, 5.74) is 5.51. The Bertz CT molecular complexity index is 143. The van der Waals surface area contributed by atoms with Crippen molar-refractivity contribution in [3.63, 3.8) is 0 Å². The van der Waals surface area contributed by atoms with Crippen molar-refractivity contribution in [3.05, 3.63) is 12.8 Å². The van der Waals surface area contributed by atoms with E-state index in [4.69, 9.17) is 10.5 Å². The van der Waals surface area contributed by atoms with Crippen molar-refractivity contribution in [3.8, 4) is 0 Å². The number of hydrogen-bond acceptors (Lipinski definition) is 2. The van der Waals surface area contributed by atoms with Crippen LogP contribution in [-0.2, 0) is 4.74 Å². The summed E-state index contributed by atoms with van der Waals surface area (Å²) in [6.07, 6.45) is 2.25. The zero-order valence-corrected chi connectivity index (χ0v) is 7.21. The molecule has 0 aromatic rings. The molecule has 3 heteroatoms. The average molecular weight is 156 g/mol. The molecule has 3 nitrogen and oxygen atoms in total. The maximum absolute atomic E-state index is 5.51. The quantitative estimate of drug-likeness (QED) is 0.482. The van der Waals surface area contributed by atoms with Crippen LogP contribution in [0.3, 0.4) is 0 Å². The van der Waals surface area contributed by atoms with Crippen molar-refractivity contribution in [2.45, 2.75) is 26.4 Å². The Labute approximate surface area is 68.0 Å². The van der Waals surface area contributed by atoms with E-state index in [1.165, 1.54) is 6.20 Å². The molecule has 0 radical (unpaired) electrons. The molecule has 0 spiro atoms. The molecule has 0 aromatic carbocycles. The van der Waals surface area contributed by atoms with Gasteiger partial charge in [0.2, 0.25) is 0 Å². The van der Waals surface area contributed by atoms with Crippen molar-refractivity contribution in [2.75, 3.05) is 6.61 Å². The Kier molecular flexibility index (Phi) is 5.47. The zero-order valence-electron chi connectivity index (χ0n) is 7.21. The first-order valence-electron chi connectivity index (χ1n) is 3.75. The number of ether oxygens (including phenoxy) is 1. The molecule has 1 unspecified atom stereocenters. The van der Waals surface area contributed by atoms with Gasteiger partial charge in [0, 0.05) is 19.2 Å². The van der Waals surface area contributed by atoms with Crippen LogP contribution >= 0.6 is 0 Å². The summed E-state index contributed by atoms with van der Waals surface area (Å²) in [4.78, 5) is 3.83. The van der Waals surface area contributed by atoms with E-state index in [0.717, 1.165) is 0 Å². The van der Waals surface area contributed by atoms with E-state index in [9.17, 15) is 0 Å². The number of rotatable bonds is 5. The number of nitrogens with zero attached hydrogens (tertiary/aromatic N) is 1. The van der Waals surface area contributed by atoms with Crippen LogP contribution in [0, 0.1) is 0 Å². The second kappa shape index (κ2) is 5.92. The lowest BCUT2D eigenvalue weighted by Gasteiger charge is -2.09. The summed E-state index contributed by atoms with van der Waals surface area (Å²) in [7, 11) is 0. The highest BCUT2D eigenvalue weighted by Gasteiger charge is 2.01. The van der Waals surface area contributed by atoms with Crippen molar-refractivity contribution in [1.29, 1.82) is 0 Å². The van der Waals surface area contributed by atoms with Gasteiger partial charge in [-0.15, -0.1) is 0 Å². The van der Waals surface area contributed by atoms with Gasteiger partial charge in [0.25, 0.3) is 0 Å². The predicted molar refractivity (Wildman–Crippen MR) is 47.5 cm³/mol. The van der Waals surface area contributed by atoms with Crippen LogP contribution in [0.2, 0.25) is 0 Å². The van der Waals surface area contributed by atoms with Crippen LogP contribution < -0.4 is 5.73 Å². The summed E-state index contributed by atoms with van der Waals surface area (Å²) in [6.45, 7) is 8.08. The summed E-state index contributed by atoms with van der Waals surface area (Å²) in [5, 5.41) is 0. The van der Waals surface area contributed by atoms with Crippen LogP contribution in [-0.4, -0.2) is 18.5 Å². The smallest absolute Gasteiger partial charge is 0.101 e. The van der Waals surface area contributed by atoms with E-state index >= 15 is 0 Å². The first-order valence-corrected chi connectivity index (χ1v) is 3.75. The minimum absolute atomic E-state index is 0.142. The number of amidine groups is 1. The van der Waals surface area contributed by atoms with Crippen LogP contribution in [0.1, 0.15) is 20.3 Å². The normalized spacial score (nSPS) is 14.5. The van der Waals surface area contributed by atoms with Crippen LogP contribution in [0.5, 0.6) is 0 Å². The SMILES string of the molecule is C=C/N=C(/N)CC(C)OCC. The lowest BCUT2D eigenvalue weighted by molar-refractivity contribution is 0.0815. The summed E-state index contributed by atoms with van der Waals surface area (Å²) in [5.74, 6) is 0.570. The average Bonchev–Trinajstić information content (AvgIpc) is 1.87. The van der Waals surface area contributed by atoms with E-state index in [2.05, 4.69) is 11.6 Å². The van der Waals surface area contributed by atoms with Crippen LogP contribution in [0.25, 0.3) is 0 Å². The number of hydrogen-bond donors (Lipinski definition) is 1. The molecular formula is C8H16N2O. The minimum Gasteiger partial charge on any atom is -0.387 e. The van der Waals surface area contributed by atoms with E-state index in [1.54, 1.807) is 0 Å².